The quantitative estimate of drug-likeness (QED) is 0.493. The Morgan fingerprint density at radius 1 is 1.05 bits per heavy atom. The monoisotopic (exact) mass is 277 g/mol. The molecule has 2 nitrogen and oxygen atoms in total. The Kier molecular flexibility index (Phi) is 5.10. The molecule has 0 atom stereocenters. The Morgan fingerprint density at radius 2 is 1.79 bits per heavy atom. The van der Waals surface area contributed by atoms with E-state index in [1.54, 1.807) is 23.9 Å². The second kappa shape index (κ2) is 7.04. The fourth-order valence-electron chi connectivity index (χ4n) is 1.57. The maximum Gasteiger partial charge on any atom is 0.123 e. The Morgan fingerprint density at radius 3 is 2.53 bits per heavy atom. The number of hydrogen-bond donors (Lipinski definition) is 1. The van der Waals surface area contributed by atoms with E-state index in [9.17, 15) is 4.39 Å². The largest absolute Gasteiger partial charge is 0.494 e. The molecule has 100 valence electrons. The lowest BCUT2D eigenvalue weighted by molar-refractivity contribution is 0.318. The van der Waals surface area contributed by atoms with E-state index < -0.39 is 0 Å². The maximum absolute atomic E-state index is 12.7. The van der Waals surface area contributed by atoms with Gasteiger partial charge in [0.2, 0.25) is 0 Å². The van der Waals surface area contributed by atoms with Gasteiger partial charge in [-0.3, -0.25) is 0 Å². The topological polar surface area (TPSA) is 35.2 Å². The molecule has 0 aliphatic carbocycles. The minimum atomic E-state index is -0.248. The van der Waals surface area contributed by atoms with E-state index in [1.807, 2.05) is 24.3 Å². The molecule has 0 amide bonds. The van der Waals surface area contributed by atoms with Crippen molar-refractivity contribution in [1.29, 1.82) is 0 Å². The summed E-state index contributed by atoms with van der Waals surface area (Å²) < 4.78 is 18.2. The molecule has 4 heteroatoms. The highest BCUT2D eigenvalue weighted by Crippen LogP contribution is 2.24. The van der Waals surface area contributed by atoms with Crippen LogP contribution < -0.4 is 10.5 Å². The summed E-state index contributed by atoms with van der Waals surface area (Å²) in [6.45, 7) is 0.616. The summed E-state index contributed by atoms with van der Waals surface area (Å²) in [5, 5.41) is 0. The second-order valence-electron chi connectivity index (χ2n) is 4.04. The van der Waals surface area contributed by atoms with Gasteiger partial charge in [0, 0.05) is 16.3 Å². The van der Waals surface area contributed by atoms with Gasteiger partial charge in [0.25, 0.3) is 0 Å². The first-order chi connectivity index (χ1) is 9.25. The van der Waals surface area contributed by atoms with E-state index in [2.05, 4.69) is 0 Å². The average Bonchev–Trinajstić information content (AvgIpc) is 2.42. The van der Waals surface area contributed by atoms with Crippen LogP contribution in [0.4, 0.5) is 10.1 Å². The lowest BCUT2D eigenvalue weighted by Crippen LogP contribution is -1.99. The van der Waals surface area contributed by atoms with E-state index >= 15 is 0 Å². The molecule has 0 aromatic heterocycles. The highest BCUT2D eigenvalue weighted by Gasteiger charge is 1.99. The number of thioether (sulfide) groups is 1. The Bertz CT molecular complexity index is 516. The summed E-state index contributed by atoms with van der Waals surface area (Å²) in [6, 6.07) is 13.9. The molecular weight excluding hydrogens is 261 g/mol. The number of nitrogens with two attached hydrogens (primary N) is 1. The van der Waals surface area contributed by atoms with E-state index in [-0.39, 0.29) is 5.82 Å². The van der Waals surface area contributed by atoms with Gasteiger partial charge in [-0.1, -0.05) is 12.1 Å². The van der Waals surface area contributed by atoms with E-state index in [0.717, 1.165) is 22.8 Å². The molecule has 0 bridgehead atoms. The van der Waals surface area contributed by atoms with Crippen LogP contribution in [0.5, 0.6) is 5.75 Å². The first-order valence-corrected chi connectivity index (χ1v) is 7.10. The van der Waals surface area contributed by atoms with Crippen LogP contribution in [0.2, 0.25) is 0 Å². The molecule has 0 aliphatic rings. The van der Waals surface area contributed by atoms with E-state index in [0.29, 0.717) is 12.4 Å². The SMILES string of the molecule is Nc1ccccc1SCCCOc1ccc(F)cc1. The van der Waals surface area contributed by atoms with Gasteiger partial charge in [-0.15, -0.1) is 11.8 Å². The van der Waals surface area contributed by atoms with Crippen molar-refractivity contribution >= 4 is 17.4 Å². The molecule has 0 heterocycles. The standard InChI is InChI=1S/C15H16FNOS/c16-12-6-8-13(9-7-12)18-10-3-11-19-15-5-2-1-4-14(15)17/h1-2,4-9H,3,10-11,17H2. The fraction of sp³-hybridized carbons (Fsp3) is 0.200. The van der Waals surface area contributed by atoms with Gasteiger partial charge in [-0.25, -0.2) is 4.39 Å². The van der Waals surface area contributed by atoms with Gasteiger partial charge in [0.1, 0.15) is 11.6 Å². The predicted molar refractivity (Wildman–Crippen MR) is 78.1 cm³/mol. The van der Waals surface area contributed by atoms with Gasteiger partial charge in [-0.2, -0.15) is 0 Å². The summed E-state index contributed by atoms with van der Waals surface area (Å²) in [7, 11) is 0. The van der Waals surface area contributed by atoms with Crippen molar-refractivity contribution in [3.8, 4) is 5.75 Å². The average molecular weight is 277 g/mol. The number of ether oxygens (including phenoxy) is 1. The number of nitrogen functional groups attached to an aromatic ring is 1. The number of anilines is 1. The van der Waals surface area contributed by atoms with Gasteiger partial charge < -0.3 is 10.5 Å². The van der Waals surface area contributed by atoms with Crippen molar-refractivity contribution in [3.05, 3.63) is 54.3 Å². The van der Waals surface area contributed by atoms with Gasteiger partial charge in [0.15, 0.2) is 0 Å². The summed E-state index contributed by atoms with van der Waals surface area (Å²) in [5.74, 6) is 1.39. The number of rotatable bonds is 6. The summed E-state index contributed by atoms with van der Waals surface area (Å²) in [6.07, 6.45) is 0.913. The van der Waals surface area contributed by atoms with Crippen LogP contribution >= 0.6 is 11.8 Å². The minimum absolute atomic E-state index is 0.248. The molecule has 0 spiro atoms. The zero-order valence-corrected chi connectivity index (χ0v) is 11.3. The van der Waals surface area contributed by atoms with E-state index in [1.165, 1.54) is 12.1 Å². The zero-order valence-electron chi connectivity index (χ0n) is 10.5. The Hall–Kier alpha value is -1.68. The summed E-state index contributed by atoms with van der Waals surface area (Å²) >= 11 is 1.72. The van der Waals surface area contributed by atoms with Crippen LogP contribution in [0.25, 0.3) is 0 Å². The zero-order chi connectivity index (χ0) is 13.5. The number of hydrogen-bond acceptors (Lipinski definition) is 3. The molecule has 0 unspecified atom stereocenters. The van der Waals surface area contributed by atoms with Gasteiger partial charge in [0.05, 0.1) is 6.61 Å². The molecule has 0 aliphatic heterocycles. The lowest BCUT2D eigenvalue weighted by atomic mass is 10.3. The molecule has 2 aromatic carbocycles. The summed E-state index contributed by atoms with van der Waals surface area (Å²) in [4.78, 5) is 1.10. The normalized spacial score (nSPS) is 10.4. The molecule has 2 rings (SSSR count). The minimum Gasteiger partial charge on any atom is -0.494 e. The van der Waals surface area contributed by atoms with Crippen LogP contribution in [0.1, 0.15) is 6.42 Å². The van der Waals surface area contributed by atoms with Gasteiger partial charge in [-0.05, 0) is 42.8 Å². The highest BCUT2D eigenvalue weighted by molar-refractivity contribution is 7.99. The molecule has 0 fully saturated rings. The lowest BCUT2D eigenvalue weighted by Gasteiger charge is -2.07. The van der Waals surface area contributed by atoms with Crippen molar-refractivity contribution < 1.29 is 9.13 Å². The number of halogens is 1. The maximum atomic E-state index is 12.7. The summed E-state index contributed by atoms with van der Waals surface area (Å²) in [5.41, 5.74) is 6.66. The van der Waals surface area contributed by atoms with Crippen LogP contribution in [0.15, 0.2) is 53.4 Å². The van der Waals surface area contributed by atoms with Crippen LogP contribution in [-0.4, -0.2) is 12.4 Å². The molecule has 0 radical (unpaired) electrons. The predicted octanol–water partition coefficient (Wildman–Crippen LogP) is 3.97. The van der Waals surface area contributed by atoms with Crippen molar-refractivity contribution in [2.24, 2.45) is 0 Å². The Labute approximate surface area is 116 Å². The Balaban J connectivity index is 1.67. The van der Waals surface area contributed by atoms with E-state index in [4.69, 9.17) is 10.5 Å². The molecule has 0 saturated heterocycles. The third kappa shape index (κ3) is 4.48. The van der Waals surface area contributed by atoms with Crippen molar-refractivity contribution in [2.75, 3.05) is 18.1 Å². The smallest absolute Gasteiger partial charge is 0.123 e. The molecule has 0 saturated carbocycles. The second-order valence-corrected chi connectivity index (χ2v) is 5.18. The van der Waals surface area contributed by atoms with Gasteiger partial charge >= 0.3 is 0 Å². The number of benzene rings is 2. The van der Waals surface area contributed by atoms with Crippen molar-refractivity contribution in [2.45, 2.75) is 11.3 Å². The highest BCUT2D eigenvalue weighted by atomic mass is 32.2. The van der Waals surface area contributed by atoms with Crippen LogP contribution in [-0.2, 0) is 0 Å². The van der Waals surface area contributed by atoms with Crippen molar-refractivity contribution in [1.82, 2.24) is 0 Å². The fourth-order valence-corrected chi connectivity index (χ4v) is 2.47. The third-order valence-electron chi connectivity index (χ3n) is 2.55. The molecular formula is C15H16FNOS. The van der Waals surface area contributed by atoms with Crippen LogP contribution in [0, 0.1) is 5.82 Å². The molecule has 19 heavy (non-hydrogen) atoms. The first-order valence-electron chi connectivity index (χ1n) is 6.11. The van der Waals surface area contributed by atoms with Crippen LogP contribution in [0.3, 0.4) is 0 Å². The molecule has 2 N–H and O–H groups in total. The molecule has 2 aromatic rings. The van der Waals surface area contributed by atoms with Crippen molar-refractivity contribution in [3.63, 3.8) is 0 Å². The first kappa shape index (κ1) is 13.7. The third-order valence-corrected chi connectivity index (χ3v) is 3.72. The number of para-hydroxylation sites is 1.